The fourth-order valence-electron chi connectivity index (χ4n) is 1.75. The normalized spacial score (nSPS) is 15.7. The van der Waals surface area contributed by atoms with Gasteiger partial charge in [0.05, 0.1) is 12.0 Å². The zero-order valence-corrected chi connectivity index (χ0v) is 8.90. The first-order valence-corrected chi connectivity index (χ1v) is 4.88. The van der Waals surface area contributed by atoms with Crippen molar-refractivity contribution in [1.82, 2.24) is 9.97 Å². The highest BCUT2D eigenvalue weighted by Crippen LogP contribution is 2.31. The predicted molar refractivity (Wildman–Crippen MR) is 56.4 cm³/mol. The molecule has 0 aromatic carbocycles. The number of anilines is 1. The first kappa shape index (κ1) is 10.0. The number of carbonyl (C=O) groups excluding carboxylic acids is 1. The van der Waals surface area contributed by atoms with E-state index in [2.05, 4.69) is 9.97 Å². The number of aromatic nitrogens is 2. The average Bonchev–Trinajstić information content (AvgIpc) is 2.54. The fourth-order valence-corrected chi connectivity index (χ4v) is 1.75. The van der Waals surface area contributed by atoms with Crippen molar-refractivity contribution in [1.29, 1.82) is 0 Å². The molecule has 0 bridgehead atoms. The van der Waals surface area contributed by atoms with E-state index in [-0.39, 0.29) is 5.91 Å². The summed E-state index contributed by atoms with van der Waals surface area (Å²) < 4.78 is 0. The minimum absolute atomic E-state index is 0.0425. The molecule has 0 saturated heterocycles. The third-order valence-electron chi connectivity index (χ3n) is 2.67. The lowest BCUT2D eigenvalue weighted by atomic mass is 10.0. The average molecular weight is 206 g/mol. The predicted octanol–water partition coefficient (Wildman–Crippen LogP) is 0.103. The van der Waals surface area contributed by atoms with Crippen LogP contribution in [0.25, 0.3) is 0 Å². The molecule has 0 fully saturated rings. The molecule has 5 heteroatoms. The summed E-state index contributed by atoms with van der Waals surface area (Å²) in [5, 5.41) is 0. The Hall–Kier alpha value is -1.49. The lowest BCUT2D eigenvalue weighted by Crippen LogP contribution is -2.51. The van der Waals surface area contributed by atoms with Gasteiger partial charge in [-0.2, -0.15) is 0 Å². The van der Waals surface area contributed by atoms with Gasteiger partial charge in [0.1, 0.15) is 12.1 Å². The van der Waals surface area contributed by atoms with Crippen LogP contribution in [0, 0.1) is 0 Å². The minimum Gasteiger partial charge on any atom is -0.328 e. The number of fused-ring (bicyclic) bond motifs is 1. The quantitative estimate of drug-likeness (QED) is 0.745. The van der Waals surface area contributed by atoms with Crippen molar-refractivity contribution < 1.29 is 4.79 Å². The van der Waals surface area contributed by atoms with Gasteiger partial charge in [-0.1, -0.05) is 0 Å². The molecule has 2 N–H and O–H groups in total. The Morgan fingerprint density at radius 3 is 3.00 bits per heavy atom. The first-order valence-electron chi connectivity index (χ1n) is 4.88. The summed E-state index contributed by atoms with van der Waals surface area (Å²) in [4.78, 5) is 21.6. The van der Waals surface area contributed by atoms with Crippen LogP contribution in [0.1, 0.15) is 19.4 Å². The number of rotatable bonds is 2. The second kappa shape index (κ2) is 3.27. The second-order valence-electron chi connectivity index (χ2n) is 4.29. The Bertz CT molecular complexity index is 402. The number of amides is 1. The molecule has 1 aromatic rings. The Morgan fingerprint density at radius 2 is 2.33 bits per heavy atom. The molecular weight excluding hydrogens is 192 g/mol. The molecule has 1 aliphatic rings. The highest BCUT2D eigenvalue weighted by molar-refractivity contribution is 6.01. The van der Waals surface area contributed by atoms with E-state index in [1.807, 2.05) is 13.8 Å². The van der Waals surface area contributed by atoms with Crippen LogP contribution >= 0.6 is 0 Å². The number of nitrogens with zero attached hydrogens (tertiary/aromatic N) is 3. The molecule has 1 aromatic heterocycles. The summed E-state index contributed by atoms with van der Waals surface area (Å²) >= 11 is 0. The SMILES string of the molecule is CC(C)(CN)N1C(=O)Cc2cncnc21. The molecular formula is C10H14N4O. The van der Waals surface area contributed by atoms with Crippen LogP contribution in [0.2, 0.25) is 0 Å². The van der Waals surface area contributed by atoms with Crippen molar-refractivity contribution in [2.75, 3.05) is 11.4 Å². The molecule has 0 unspecified atom stereocenters. The highest BCUT2D eigenvalue weighted by Gasteiger charge is 2.38. The molecule has 1 amide bonds. The van der Waals surface area contributed by atoms with Crippen LogP contribution in [0.5, 0.6) is 0 Å². The Kier molecular flexibility index (Phi) is 2.19. The van der Waals surface area contributed by atoms with Gasteiger partial charge in [0.15, 0.2) is 0 Å². The van der Waals surface area contributed by atoms with E-state index < -0.39 is 5.54 Å². The Balaban J connectivity index is 2.46. The maximum Gasteiger partial charge on any atom is 0.233 e. The lowest BCUT2D eigenvalue weighted by molar-refractivity contribution is -0.118. The monoisotopic (exact) mass is 206 g/mol. The number of nitrogens with two attached hydrogens (primary N) is 1. The van der Waals surface area contributed by atoms with Crippen molar-refractivity contribution in [2.24, 2.45) is 5.73 Å². The van der Waals surface area contributed by atoms with Crippen molar-refractivity contribution in [2.45, 2.75) is 25.8 Å². The van der Waals surface area contributed by atoms with Gasteiger partial charge in [-0.3, -0.25) is 9.69 Å². The zero-order valence-electron chi connectivity index (χ0n) is 8.90. The van der Waals surface area contributed by atoms with Gasteiger partial charge in [-0.25, -0.2) is 9.97 Å². The maximum absolute atomic E-state index is 11.8. The lowest BCUT2D eigenvalue weighted by Gasteiger charge is -2.33. The summed E-state index contributed by atoms with van der Waals surface area (Å²) in [6.07, 6.45) is 3.52. The van der Waals surface area contributed by atoms with Crippen LogP contribution in [0.4, 0.5) is 5.82 Å². The van der Waals surface area contributed by atoms with Gasteiger partial charge in [0, 0.05) is 18.3 Å². The zero-order chi connectivity index (χ0) is 11.1. The van der Waals surface area contributed by atoms with E-state index in [0.717, 1.165) is 5.56 Å². The molecule has 2 rings (SSSR count). The summed E-state index contributed by atoms with van der Waals surface area (Å²) in [5.74, 6) is 0.742. The molecule has 0 radical (unpaired) electrons. The van der Waals surface area contributed by atoms with Crippen molar-refractivity contribution in [3.8, 4) is 0 Å². The van der Waals surface area contributed by atoms with Gasteiger partial charge in [-0.05, 0) is 13.8 Å². The smallest absolute Gasteiger partial charge is 0.233 e. The molecule has 1 aliphatic heterocycles. The summed E-state index contributed by atoms with van der Waals surface area (Å²) in [6.45, 7) is 4.27. The van der Waals surface area contributed by atoms with Crippen LogP contribution in [0.3, 0.4) is 0 Å². The van der Waals surface area contributed by atoms with E-state index in [9.17, 15) is 4.79 Å². The number of hydrogen-bond acceptors (Lipinski definition) is 4. The van der Waals surface area contributed by atoms with E-state index in [0.29, 0.717) is 18.8 Å². The maximum atomic E-state index is 11.8. The van der Waals surface area contributed by atoms with E-state index in [1.165, 1.54) is 6.33 Å². The summed E-state index contributed by atoms with van der Waals surface area (Å²) in [5.41, 5.74) is 6.15. The molecule has 0 spiro atoms. The first-order chi connectivity index (χ1) is 7.06. The molecule has 80 valence electrons. The van der Waals surface area contributed by atoms with E-state index in [1.54, 1.807) is 11.1 Å². The number of carbonyl (C=O) groups is 1. The molecule has 0 saturated carbocycles. The van der Waals surface area contributed by atoms with Crippen LogP contribution in [-0.2, 0) is 11.2 Å². The Morgan fingerprint density at radius 1 is 1.60 bits per heavy atom. The third kappa shape index (κ3) is 1.48. The van der Waals surface area contributed by atoms with Crippen LogP contribution < -0.4 is 10.6 Å². The fraction of sp³-hybridized carbons (Fsp3) is 0.500. The topological polar surface area (TPSA) is 72.1 Å². The Labute approximate surface area is 88.3 Å². The molecule has 0 atom stereocenters. The summed E-state index contributed by atoms with van der Waals surface area (Å²) in [7, 11) is 0. The molecule has 15 heavy (non-hydrogen) atoms. The van der Waals surface area contributed by atoms with Gasteiger partial charge in [-0.15, -0.1) is 0 Å². The van der Waals surface area contributed by atoms with Gasteiger partial charge >= 0.3 is 0 Å². The molecule has 5 nitrogen and oxygen atoms in total. The molecule has 0 aliphatic carbocycles. The van der Waals surface area contributed by atoms with Crippen molar-refractivity contribution >= 4 is 11.7 Å². The van der Waals surface area contributed by atoms with Gasteiger partial charge < -0.3 is 5.73 Å². The number of hydrogen-bond donors (Lipinski definition) is 1. The van der Waals surface area contributed by atoms with Gasteiger partial charge in [0.2, 0.25) is 5.91 Å². The summed E-state index contributed by atoms with van der Waals surface area (Å²) in [6, 6.07) is 0. The van der Waals surface area contributed by atoms with Crippen LogP contribution in [-0.4, -0.2) is 28.0 Å². The van der Waals surface area contributed by atoms with Gasteiger partial charge in [0.25, 0.3) is 0 Å². The third-order valence-corrected chi connectivity index (χ3v) is 2.67. The van der Waals surface area contributed by atoms with Crippen molar-refractivity contribution in [3.05, 3.63) is 18.1 Å². The highest BCUT2D eigenvalue weighted by atomic mass is 16.2. The van der Waals surface area contributed by atoms with E-state index >= 15 is 0 Å². The van der Waals surface area contributed by atoms with Crippen LogP contribution in [0.15, 0.2) is 12.5 Å². The largest absolute Gasteiger partial charge is 0.328 e. The van der Waals surface area contributed by atoms with E-state index in [4.69, 9.17) is 5.73 Å². The van der Waals surface area contributed by atoms with Crippen molar-refractivity contribution in [3.63, 3.8) is 0 Å². The molecule has 2 heterocycles. The minimum atomic E-state index is -0.392. The standard InChI is InChI=1S/C10H14N4O/c1-10(2,5-11)14-8(15)3-7-4-12-6-13-9(7)14/h4,6H,3,5,11H2,1-2H3. The second-order valence-corrected chi connectivity index (χ2v) is 4.29.